The molecule has 9 heteroatoms. The van der Waals surface area contributed by atoms with E-state index in [9.17, 15) is 8.42 Å². The molecule has 1 saturated heterocycles. The molecule has 0 unspecified atom stereocenters. The van der Waals surface area contributed by atoms with Gasteiger partial charge in [0, 0.05) is 25.4 Å². The van der Waals surface area contributed by atoms with Crippen LogP contribution in [0.3, 0.4) is 0 Å². The number of rotatable bonds is 6. The summed E-state index contributed by atoms with van der Waals surface area (Å²) in [4.78, 5) is 4.98. The second-order valence-corrected chi connectivity index (χ2v) is 9.78. The van der Waals surface area contributed by atoms with Crippen LogP contribution in [-0.2, 0) is 27.1 Å². The van der Waals surface area contributed by atoms with Crippen LogP contribution in [-0.4, -0.2) is 48.6 Å². The maximum absolute atomic E-state index is 13.0. The van der Waals surface area contributed by atoms with Crippen molar-refractivity contribution in [3.05, 3.63) is 53.6 Å². The molecule has 1 aliphatic rings. The Morgan fingerprint density at radius 2 is 1.90 bits per heavy atom. The second kappa shape index (κ2) is 8.78. The number of ether oxygens (including phenoxy) is 1. The highest BCUT2D eigenvalue weighted by molar-refractivity contribution is 7.98. The standard InChI is InChI=1S/C21H22N4O3S2/c1-2-25-20-8-7-18(30(26,27)24-9-11-28-12-10-24)13-19(20)23-21(25)29-15-17-5-3-16(14-22)4-6-17/h3-8,13H,2,9-12,15H2,1H3. The first-order valence-electron chi connectivity index (χ1n) is 9.73. The van der Waals surface area contributed by atoms with Crippen LogP contribution in [0.2, 0.25) is 0 Å². The van der Waals surface area contributed by atoms with Gasteiger partial charge in [-0.1, -0.05) is 23.9 Å². The summed E-state index contributed by atoms with van der Waals surface area (Å²) in [6.07, 6.45) is 0. The Kier molecular flexibility index (Phi) is 6.11. The maximum Gasteiger partial charge on any atom is 0.243 e. The Labute approximate surface area is 180 Å². The first kappa shape index (κ1) is 20.9. The number of hydrogen-bond donors (Lipinski definition) is 0. The van der Waals surface area contributed by atoms with Gasteiger partial charge < -0.3 is 9.30 Å². The molecule has 30 heavy (non-hydrogen) atoms. The molecule has 1 aromatic heterocycles. The van der Waals surface area contributed by atoms with Crippen molar-refractivity contribution >= 4 is 32.8 Å². The number of nitrogens with zero attached hydrogens (tertiary/aromatic N) is 4. The monoisotopic (exact) mass is 442 g/mol. The summed E-state index contributed by atoms with van der Waals surface area (Å²) in [5.74, 6) is 0.716. The van der Waals surface area contributed by atoms with Gasteiger partial charge in [-0.05, 0) is 42.8 Å². The van der Waals surface area contributed by atoms with Gasteiger partial charge in [0.1, 0.15) is 0 Å². The van der Waals surface area contributed by atoms with Crippen LogP contribution < -0.4 is 0 Å². The van der Waals surface area contributed by atoms with E-state index in [1.54, 1.807) is 23.9 Å². The first-order valence-corrected chi connectivity index (χ1v) is 12.2. The van der Waals surface area contributed by atoms with Crippen LogP contribution in [0, 0.1) is 11.3 Å². The van der Waals surface area contributed by atoms with Gasteiger partial charge in [0.25, 0.3) is 0 Å². The number of nitriles is 1. The van der Waals surface area contributed by atoms with E-state index in [0.29, 0.717) is 43.1 Å². The molecule has 1 aliphatic heterocycles. The van der Waals surface area contributed by atoms with Crippen molar-refractivity contribution in [2.75, 3.05) is 26.3 Å². The molecule has 0 spiro atoms. The predicted molar refractivity (Wildman–Crippen MR) is 116 cm³/mol. The van der Waals surface area contributed by atoms with Crippen LogP contribution in [0.25, 0.3) is 11.0 Å². The smallest absolute Gasteiger partial charge is 0.243 e. The molecule has 0 N–H and O–H groups in total. The highest BCUT2D eigenvalue weighted by Gasteiger charge is 2.27. The zero-order valence-electron chi connectivity index (χ0n) is 16.6. The molecule has 0 radical (unpaired) electrons. The molecule has 0 amide bonds. The van der Waals surface area contributed by atoms with Crippen LogP contribution in [0.5, 0.6) is 0 Å². The SMILES string of the molecule is CCn1c(SCc2ccc(C#N)cc2)nc2cc(S(=O)(=O)N3CCOCC3)ccc21. The summed E-state index contributed by atoms with van der Waals surface area (Å²) < 4.78 is 34.8. The number of benzene rings is 2. The molecule has 0 aliphatic carbocycles. The molecule has 156 valence electrons. The van der Waals surface area contributed by atoms with E-state index in [1.165, 1.54) is 4.31 Å². The fourth-order valence-electron chi connectivity index (χ4n) is 3.42. The van der Waals surface area contributed by atoms with Crippen LogP contribution in [0.1, 0.15) is 18.1 Å². The van der Waals surface area contributed by atoms with E-state index in [-0.39, 0.29) is 4.90 Å². The lowest BCUT2D eigenvalue weighted by Gasteiger charge is -2.26. The van der Waals surface area contributed by atoms with Gasteiger partial charge in [-0.25, -0.2) is 13.4 Å². The molecular weight excluding hydrogens is 420 g/mol. The quantitative estimate of drug-likeness (QED) is 0.545. The lowest BCUT2D eigenvalue weighted by atomic mass is 10.2. The van der Waals surface area contributed by atoms with Crippen LogP contribution in [0.4, 0.5) is 0 Å². The van der Waals surface area contributed by atoms with Crippen molar-refractivity contribution in [2.24, 2.45) is 0 Å². The number of morpholine rings is 1. The first-order chi connectivity index (χ1) is 14.5. The van der Waals surface area contributed by atoms with E-state index < -0.39 is 10.0 Å². The fourth-order valence-corrected chi connectivity index (χ4v) is 5.89. The summed E-state index contributed by atoms with van der Waals surface area (Å²) in [6, 6.07) is 14.8. The predicted octanol–water partition coefficient (Wildman–Crippen LogP) is 3.24. The summed E-state index contributed by atoms with van der Waals surface area (Å²) >= 11 is 1.60. The number of sulfonamides is 1. The Morgan fingerprint density at radius 3 is 2.57 bits per heavy atom. The largest absolute Gasteiger partial charge is 0.379 e. The van der Waals surface area contributed by atoms with Crippen molar-refractivity contribution in [2.45, 2.75) is 29.3 Å². The third-order valence-corrected chi connectivity index (χ3v) is 8.00. The third kappa shape index (κ3) is 4.09. The molecule has 2 aromatic carbocycles. The third-order valence-electron chi connectivity index (χ3n) is 5.06. The number of aryl methyl sites for hydroxylation is 1. The molecule has 0 atom stereocenters. The molecule has 0 bridgehead atoms. The van der Waals surface area contributed by atoms with Crippen molar-refractivity contribution in [3.63, 3.8) is 0 Å². The highest BCUT2D eigenvalue weighted by atomic mass is 32.2. The minimum Gasteiger partial charge on any atom is -0.379 e. The van der Waals surface area contributed by atoms with E-state index in [1.807, 2.05) is 37.3 Å². The van der Waals surface area contributed by atoms with E-state index in [4.69, 9.17) is 15.0 Å². The zero-order valence-corrected chi connectivity index (χ0v) is 18.2. The van der Waals surface area contributed by atoms with E-state index >= 15 is 0 Å². The van der Waals surface area contributed by atoms with Crippen molar-refractivity contribution in [3.8, 4) is 6.07 Å². The molecular formula is C21H22N4O3S2. The number of fused-ring (bicyclic) bond motifs is 1. The van der Waals surface area contributed by atoms with Gasteiger partial charge in [0.2, 0.25) is 10.0 Å². The van der Waals surface area contributed by atoms with E-state index in [2.05, 4.69) is 10.6 Å². The number of aromatic nitrogens is 2. The van der Waals surface area contributed by atoms with Crippen molar-refractivity contribution in [1.82, 2.24) is 13.9 Å². The molecule has 0 saturated carbocycles. The molecule has 7 nitrogen and oxygen atoms in total. The maximum atomic E-state index is 13.0. The fraction of sp³-hybridized carbons (Fsp3) is 0.333. The van der Waals surface area contributed by atoms with E-state index in [0.717, 1.165) is 22.8 Å². The van der Waals surface area contributed by atoms with Crippen LogP contribution >= 0.6 is 11.8 Å². The van der Waals surface area contributed by atoms with Gasteiger partial charge in [-0.3, -0.25) is 0 Å². The van der Waals surface area contributed by atoms with Gasteiger partial charge in [0.15, 0.2) is 5.16 Å². The Bertz CT molecular complexity index is 1190. The number of hydrogen-bond acceptors (Lipinski definition) is 6. The second-order valence-electron chi connectivity index (χ2n) is 6.90. The minimum absolute atomic E-state index is 0.265. The highest BCUT2D eigenvalue weighted by Crippen LogP contribution is 2.29. The molecule has 1 fully saturated rings. The normalized spacial score (nSPS) is 15.3. The molecule has 2 heterocycles. The van der Waals surface area contributed by atoms with Gasteiger partial charge in [-0.2, -0.15) is 9.57 Å². The Morgan fingerprint density at radius 1 is 1.17 bits per heavy atom. The van der Waals surface area contributed by atoms with Gasteiger partial charge in [-0.15, -0.1) is 0 Å². The average molecular weight is 443 g/mol. The number of thioether (sulfide) groups is 1. The zero-order chi connectivity index (χ0) is 21.1. The summed E-state index contributed by atoms with van der Waals surface area (Å²) in [6.45, 7) is 4.36. The summed E-state index contributed by atoms with van der Waals surface area (Å²) in [7, 11) is -3.55. The average Bonchev–Trinajstić information content (AvgIpc) is 3.15. The summed E-state index contributed by atoms with van der Waals surface area (Å²) in [5.41, 5.74) is 3.33. The lowest BCUT2D eigenvalue weighted by Crippen LogP contribution is -2.40. The summed E-state index contributed by atoms with van der Waals surface area (Å²) in [5, 5.41) is 9.77. The molecule has 4 rings (SSSR count). The topological polar surface area (TPSA) is 88.2 Å². The molecule has 3 aromatic rings. The van der Waals surface area contributed by atoms with Crippen LogP contribution in [0.15, 0.2) is 52.5 Å². The van der Waals surface area contributed by atoms with Crippen molar-refractivity contribution < 1.29 is 13.2 Å². The van der Waals surface area contributed by atoms with Crippen molar-refractivity contribution in [1.29, 1.82) is 5.26 Å². The van der Waals surface area contributed by atoms with Gasteiger partial charge >= 0.3 is 0 Å². The lowest BCUT2D eigenvalue weighted by molar-refractivity contribution is 0.0730. The Hall–Kier alpha value is -2.38. The number of imidazole rings is 1. The minimum atomic E-state index is -3.55. The van der Waals surface area contributed by atoms with Gasteiger partial charge in [0.05, 0.1) is 40.8 Å². The Balaban J connectivity index is 1.60.